The van der Waals surface area contributed by atoms with Crippen molar-refractivity contribution in [1.29, 1.82) is 0 Å². The first-order valence-electron chi connectivity index (χ1n) is 5.99. The van der Waals surface area contributed by atoms with Crippen molar-refractivity contribution in [3.05, 3.63) is 76.0 Å². The summed E-state index contributed by atoms with van der Waals surface area (Å²) < 4.78 is 6.29. The summed E-state index contributed by atoms with van der Waals surface area (Å²) in [6.45, 7) is 0. The predicted octanol–water partition coefficient (Wildman–Crippen LogP) is 3.79. The van der Waals surface area contributed by atoms with Gasteiger partial charge in [-0.25, -0.2) is 0 Å². The molecule has 0 atom stereocenters. The van der Waals surface area contributed by atoms with Crippen LogP contribution in [0.4, 0.5) is 0 Å². The van der Waals surface area contributed by atoms with Gasteiger partial charge in [0.1, 0.15) is 5.75 Å². The lowest BCUT2D eigenvalue weighted by molar-refractivity contribution is 0.0946. The summed E-state index contributed by atoms with van der Waals surface area (Å²) in [5.41, 5.74) is 0.791. The lowest BCUT2D eigenvalue weighted by Crippen LogP contribution is -2.20. The minimum absolute atomic E-state index is 0.0422. The van der Waals surface area contributed by atoms with E-state index in [1.54, 1.807) is 42.5 Å². The van der Waals surface area contributed by atoms with Crippen LogP contribution in [0, 0.1) is 0 Å². The SMILES string of the molecule is O=C1C=C(Oc2ccccc2Br)C(=O)c2ccccc21. The van der Waals surface area contributed by atoms with Crippen molar-refractivity contribution < 1.29 is 14.3 Å². The van der Waals surface area contributed by atoms with E-state index in [2.05, 4.69) is 15.9 Å². The molecule has 0 aliphatic heterocycles. The minimum Gasteiger partial charge on any atom is -0.452 e. The average Bonchev–Trinajstić information content (AvgIpc) is 2.47. The molecule has 0 amide bonds. The van der Waals surface area contributed by atoms with Crippen molar-refractivity contribution in [1.82, 2.24) is 0 Å². The number of hydrogen-bond donors (Lipinski definition) is 0. The fourth-order valence-electron chi connectivity index (χ4n) is 2.01. The highest BCUT2D eigenvalue weighted by atomic mass is 79.9. The summed E-state index contributed by atoms with van der Waals surface area (Å²) in [5.74, 6) is 0.0399. The second-order valence-corrected chi connectivity index (χ2v) is 5.13. The highest BCUT2D eigenvalue weighted by molar-refractivity contribution is 9.10. The van der Waals surface area contributed by atoms with Crippen LogP contribution in [0.5, 0.6) is 5.75 Å². The van der Waals surface area contributed by atoms with E-state index in [9.17, 15) is 9.59 Å². The van der Waals surface area contributed by atoms with Gasteiger partial charge in [-0.1, -0.05) is 36.4 Å². The molecule has 3 rings (SSSR count). The number of carbonyl (C=O) groups excluding carboxylic acids is 2. The van der Waals surface area contributed by atoms with Gasteiger partial charge in [0.2, 0.25) is 5.78 Å². The Morgan fingerprint density at radius 2 is 1.50 bits per heavy atom. The third-order valence-corrected chi connectivity index (χ3v) is 3.63. The molecule has 0 unspecified atom stereocenters. The Morgan fingerprint density at radius 1 is 0.850 bits per heavy atom. The molecule has 2 aromatic carbocycles. The van der Waals surface area contributed by atoms with Crippen molar-refractivity contribution >= 4 is 27.5 Å². The fourth-order valence-corrected chi connectivity index (χ4v) is 2.38. The number of ether oxygens (including phenoxy) is 1. The molecule has 0 N–H and O–H groups in total. The monoisotopic (exact) mass is 328 g/mol. The molecule has 0 saturated heterocycles. The lowest BCUT2D eigenvalue weighted by atomic mass is 9.94. The molecule has 2 aromatic rings. The summed E-state index contributed by atoms with van der Waals surface area (Å²) in [4.78, 5) is 24.3. The Labute approximate surface area is 124 Å². The van der Waals surface area contributed by atoms with Crippen molar-refractivity contribution in [2.75, 3.05) is 0 Å². The lowest BCUT2D eigenvalue weighted by Gasteiger charge is -2.16. The largest absolute Gasteiger partial charge is 0.452 e. The number of benzene rings is 2. The summed E-state index contributed by atoms with van der Waals surface area (Å²) in [6.07, 6.45) is 1.24. The van der Waals surface area contributed by atoms with Gasteiger partial charge >= 0.3 is 0 Å². The maximum absolute atomic E-state index is 12.3. The zero-order valence-electron chi connectivity index (χ0n) is 10.3. The number of allylic oxidation sites excluding steroid dienone is 2. The van der Waals surface area contributed by atoms with Crippen LogP contribution in [0.2, 0.25) is 0 Å². The third-order valence-electron chi connectivity index (χ3n) is 2.98. The highest BCUT2D eigenvalue weighted by Crippen LogP contribution is 2.28. The first kappa shape index (κ1) is 12.8. The molecule has 0 spiro atoms. The third kappa shape index (κ3) is 2.18. The standard InChI is InChI=1S/C16H9BrO3/c17-12-7-3-4-8-14(12)20-15-9-13(18)10-5-1-2-6-11(10)16(15)19/h1-9H. The molecular formula is C16H9BrO3. The summed E-state index contributed by atoms with van der Waals surface area (Å²) in [5, 5.41) is 0. The van der Waals surface area contributed by atoms with E-state index in [0.29, 0.717) is 16.9 Å². The molecule has 1 aliphatic carbocycles. The van der Waals surface area contributed by atoms with E-state index in [4.69, 9.17) is 4.74 Å². The van der Waals surface area contributed by atoms with Crippen LogP contribution in [0.15, 0.2) is 64.8 Å². The van der Waals surface area contributed by atoms with Gasteiger partial charge in [0.15, 0.2) is 11.5 Å². The first-order valence-corrected chi connectivity index (χ1v) is 6.78. The number of fused-ring (bicyclic) bond motifs is 1. The van der Waals surface area contributed by atoms with Crippen LogP contribution in [0.3, 0.4) is 0 Å². The number of hydrogen-bond acceptors (Lipinski definition) is 3. The van der Waals surface area contributed by atoms with Crippen molar-refractivity contribution in [3.8, 4) is 5.75 Å². The minimum atomic E-state index is -0.282. The molecule has 1 aliphatic rings. The molecule has 4 heteroatoms. The topological polar surface area (TPSA) is 43.4 Å². The second kappa shape index (κ2) is 5.06. The Hall–Kier alpha value is -2.20. The van der Waals surface area contributed by atoms with Gasteiger partial charge in [-0.05, 0) is 28.1 Å². The van der Waals surface area contributed by atoms with Crippen LogP contribution in [0.25, 0.3) is 0 Å². The smallest absolute Gasteiger partial charge is 0.229 e. The average molecular weight is 329 g/mol. The van der Waals surface area contributed by atoms with Crippen LogP contribution in [-0.2, 0) is 0 Å². The predicted molar refractivity (Wildman–Crippen MR) is 78.0 cm³/mol. The van der Waals surface area contributed by atoms with Gasteiger partial charge in [0.25, 0.3) is 0 Å². The Balaban J connectivity index is 1.99. The van der Waals surface area contributed by atoms with E-state index in [0.717, 1.165) is 4.47 Å². The molecular weight excluding hydrogens is 320 g/mol. The van der Waals surface area contributed by atoms with Crippen molar-refractivity contribution in [2.45, 2.75) is 0 Å². The van der Waals surface area contributed by atoms with Crippen LogP contribution < -0.4 is 4.74 Å². The number of rotatable bonds is 2. The number of ketones is 2. The number of Topliss-reactive ketones (excluding diaryl/α,β-unsaturated/α-hetero) is 1. The molecule has 0 bridgehead atoms. The molecule has 98 valence electrons. The molecule has 0 heterocycles. The van der Waals surface area contributed by atoms with E-state index >= 15 is 0 Å². The van der Waals surface area contributed by atoms with Crippen LogP contribution >= 0.6 is 15.9 Å². The highest BCUT2D eigenvalue weighted by Gasteiger charge is 2.27. The Bertz CT molecular complexity index is 747. The van der Waals surface area contributed by atoms with Gasteiger partial charge in [-0.15, -0.1) is 0 Å². The quantitative estimate of drug-likeness (QED) is 0.842. The maximum Gasteiger partial charge on any atom is 0.229 e. The van der Waals surface area contributed by atoms with Crippen molar-refractivity contribution in [3.63, 3.8) is 0 Å². The zero-order valence-corrected chi connectivity index (χ0v) is 11.9. The van der Waals surface area contributed by atoms with Crippen LogP contribution in [0.1, 0.15) is 20.7 Å². The summed E-state index contributed by atoms with van der Waals surface area (Å²) in [6, 6.07) is 13.9. The Morgan fingerprint density at radius 3 is 2.25 bits per heavy atom. The molecule has 0 fully saturated rings. The zero-order chi connectivity index (χ0) is 14.1. The second-order valence-electron chi connectivity index (χ2n) is 4.28. The van der Waals surface area contributed by atoms with Gasteiger partial charge < -0.3 is 4.74 Å². The van der Waals surface area contributed by atoms with Crippen molar-refractivity contribution in [2.24, 2.45) is 0 Å². The molecule has 0 aromatic heterocycles. The van der Waals surface area contributed by atoms with Gasteiger partial charge in [0.05, 0.1) is 4.47 Å². The van der Waals surface area contributed by atoms with Gasteiger partial charge in [-0.2, -0.15) is 0 Å². The van der Waals surface area contributed by atoms with E-state index < -0.39 is 0 Å². The van der Waals surface area contributed by atoms with Gasteiger partial charge in [-0.3, -0.25) is 9.59 Å². The number of halogens is 1. The first-order chi connectivity index (χ1) is 9.66. The molecule has 0 saturated carbocycles. The number of carbonyl (C=O) groups is 2. The summed E-state index contributed by atoms with van der Waals surface area (Å²) in [7, 11) is 0. The molecule has 20 heavy (non-hydrogen) atoms. The van der Waals surface area contributed by atoms with Gasteiger partial charge in [0, 0.05) is 17.2 Å². The number of para-hydroxylation sites is 1. The van der Waals surface area contributed by atoms with E-state index in [1.807, 2.05) is 6.07 Å². The Kier molecular flexibility index (Phi) is 3.24. The molecule has 0 radical (unpaired) electrons. The van der Waals surface area contributed by atoms with E-state index in [-0.39, 0.29) is 17.3 Å². The maximum atomic E-state index is 12.3. The summed E-state index contributed by atoms with van der Waals surface area (Å²) >= 11 is 3.34. The van der Waals surface area contributed by atoms with E-state index in [1.165, 1.54) is 6.08 Å². The fraction of sp³-hybridized carbons (Fsp3) is 0. The normalized spacial score (nSPS) is 13.8. The molecule has 3 nitrogen and oxygen atoms in total. The van der Waals surface area contributed by atoms with Crippen LogP contribution in [-0.4, -0.2) is 11.6 Å².